The van der Waals surface area contributed by atoms with Crippen LogP contribution in [0.2, 0.25) is 0 Å². The third-order valence-corrected chi connectivity index (χ3v) is 6.23. The molecule has 1 heterocycles. The fraction of sp³-hybridized carbons (Fsp3) is 0.321. The predicted octanol–water partition coefficient (Wildman–Crippen LogP) is 5.16. The van der Waals surface area contributed by atoms with E-state index in [0.717, 1.165) is 31.9 Å². The summed E-state index contributed by atoms with van der Waals surface area (Å²) < 4.78 is 0. The van der Waals surface area contributed by atoms with E-state index in [9.17, 15) is 4.79 Å². The molecule has 4 nitrogen and oxygen atoms in total. The number of amides is 1. The monoisotopic (exact) mass is 427 g/mol. The largest absolute Gasteiger partial charge is 0.325 e. The molecule has 4 rings (SSSR count). The summed E-state index contributed by atoms with van der Waals surface area (Å²) in [5, 5.41) is 3.05. The summed E-state index contributed by atoms with van der Waals surface area (Å²) >= 11 is 0. The van der Waals surface area contributed by atoms with Gasteiger partial charge in [-0.25, -0.2) is 0 Å². The molecule has 1 amide bonds. The fourth-order valence-electron chi connectivity index (χ4n) is 4.42. The number of nitrogens with zero attached hydrogens (tertiary/aromatic N) is 2. The molecule has 3 aromatic carbocycles. The van der Waals surface area contributed by atoms with Gasteiger partial charge in [-0.15, -0.1) is 0 Å². The van der Waals surface area contributed by atoms with E-state index < -0.39 is 0 Å². The van der Waals surface area contributed by atoms with Gasteiger partial charge in [0.15, 0.2) is 0 Å². The smallest absolute Gasteiger partial charge is 0.238 e. The molecule has 0 unspecified atom stereocenters. The SMILES string of the molecule is CC(C)c1ccc(NC(=O)CN2CCN(C(c3ccccc3)c3ccccc3)CC2)cc1. The molecule has 0 atom stereocenters. The highest BCUT2D eigenvalue weighted by atomic mass is 16.2. The molecular formula is C28H33N3O. The maximum atomic E-state index is 12.6. The number of carbonyl (C=O) groups excluding carboxylic acids is 1. The van der Waals surface area contributed by atoms with Crippen LogP contribution < -0.4 is 5.32 Å². The first-order valence-electron chi connectivity index (χ1n) is 11.6. The molecule has 0 aromatic heterocycles. The van der Waals surface area contributed by atoms with Crippen molar-refractivity contribution in [3.63, 3.8) is 0 Å². The minimum absolute atomic E-state index is 0.0541. The van der Waals surface area contributed by atoms with Gasteiger partial charge in [-0.2, -0.15) is 0 Å². The van der Waals surface area contributed by atoms with Gasteiger partial charge >= 0.3 is 0 Å². The van der Waals surface area contributed by atoms with Crippen molar-refractivity contribution in [3.05, 3.63) is 102 Å². The normalized spacial score (nSPS) is 15.2. The summed E-state index contributed by atoms with van der Waals surface area (Å²) in [5.41, 5.74) is 4.78. The van der Waals surface area contributed by atoms with E-state index in [4.69, 9.17) is 0 Å². The Morgan fingerprint density at radius 2 is 1.28 bits per heavy atom. The first-order chi connectivity index (χ1) is 15.6. The van der Waals surface area contributed by atoms with E-state index in [1.165, 1.54) is 16.7 Å². The van der Waals surface area contributed by atoms with Crippen LogP contribution in [0.15, 0.2) is 84.9 Å². The van der Waals surface area contributed by atoms with Gasteiger partial charge in [0.25, 0.3) is 0 Å². The molecule has 32 heavy (non-hydrogen) atoms. The van der Waals surface area contributed by atoms with Gasteiger partial charge < -0.3 is 5.32 Å². The summed E-state index contributed by atoms with van der Waals surface area (Å²) in [6.45, 7) is 8.42. The zero-order valence-electron chi connectivity index (χ0n) is 19.1. The van der Waals surface area contributed by atoms with E-state index in [1.54, 1.807) is 0 Å². The predicted molar refractivity (Wildman–Crippen MR) is 132 cm³/mol. The molecule has 0 radical (unpaired) electrons. The Morgan fingerprint density at radius 3 is 1.78 bits per heavy atom. The fourth-order valence-corrected chi connectivity index (χ4v) is 4.42. The van der Waals surface area contributed by atoms with Gasteiger partial charge in [0.05, 0.1) is 12.6 Å². The zero-order valence-corrected chi connectivity index (χ0v) is 19.1. The lowest BCUT2D eigenvalue weighted by molar-refractivity contribution is -0.117. The zero-order chi connectivity index (χ0) is 22.3. The van der Waals surface area contributed by atoms with Crippen LogP contribution in [0.5, 0.6) is 0 Å². The maximum absolute atomic E-state index is 12.6. The van der Waals surface area contributed by atoms with Gasteiger partial charge in [-0.3, -0.25) is 14.6 Å². The Bertz CT molecular complexity index is 939. The third kappa shape index (κ3) is 5.64. The molecule has 1 aliphatic heterocycles. The van der Waals surface area contributed by atoms with Crippen molar-refractivity contribution in [3.8, 4) is 0 Å². The average molecular weight is 428 g/mol. The van der Waals surface area contributed by atoms with Gasteiger partial charge in [-0.05, 0) is 34.7 Å². The van der Waals surface area contributed by atoms with Crippen LogP contribution in [-0.4, -0.2) is 48.4 Å². The van der Waals surface area contributed by atoms with Crippen LogP contribution in [0.25, 0.3) is 0 Å². The molecule has 1 saturated heterocycles. The average Bonchev–Trinajstić information content (AvgIpc) is 2.82. The molecule has 0 aliphatic carbocycles. The van der Waals surface area contributed by atoms with Crippen LogP contribution in [-0.2, 0) is 4.79 Å². The molecule has 1 aliphatic rings. The summed E-state index contributed by atoms with van der Waals surface area (Å²) in [5.74, 6) is 0.546. The van der Waals surface area contributed by atoms with Crippen molar-refractivity contribution in [2.75, 3.05) is 38.0 Å². The minimum Gasteiger partial charge on any atom is -0.325 e. The number of benzene rings is 3. The molecule has 0 bridgehead atoms. The molecule has 1 fully saturated rings. The second kappa shape index (κ2) is 10.6. The number of hydrogen-bond acceptors (Lipinski definition) is 3. The number of carbonyl (C=O) groups is 1. The summed E-state index contributed by atoms with van der Waals surface area (Å²) in [4.78, 5) is 17.4. The second-order valence-corrected chi connectivity index (χ2v) is 8.86. The van der Waals surface area contributed by atoms with Gasteiger partial charge in [-0.1, -0.05) is 86.6 Å². The van der Waals surface area contributed by atoms with E-state index in [0.29, 0.717) is 12.5 Å². The lowest BCUT2D eigenvalue weighted by atomic mass is 9.96. The number of anilines is 1. The van der Waals surface area contributed by atoms with Crippen molar-refractivity contribution < 1.29 is 4.79 Å². The molecule has 166 valence electrons. The Hall–Kier alpha value is -2.95. The molecular weight excluding hydrogens is 394 g/mol. The lowest BCUT2D eigenvalue weighted by Gasteiger charge is -2.39. The van der Waals surface area contributed by atoms with Crippen LogP contribution in [0.1, 0.15) is 42.5 Å². The van der Waals surface area contributed by atoms with Crippen molar-refractivity contribution in [1.82, 2.24) is 9.80 Å². The topological polar surface area (TPSA) is 35.6 Å². The van der Waals surface area contributed by atoms with E-state index in [1.807, 2.05) is 12.1 Å². The molecule has 1 N–H and O–H groups in total. The van der Waals surface area contributed by atoms with Gasteiger partial charge in [0, 0.05) is 31.9 Å². The molecule has 4 heteroatoms. The van der Waals surface area contributed by atoms with Crippen LogP contribution >= 0.6 is 0 Å². The van der Waals surface area contributed by atoms with E-state index in [2.05, 4.69) is 102 Å². The van der Waals surface area contributed by atoms with Gasteiger partial charge in [0.2, 0.25) is 5.91 Å². The Morgan fingerprint density at radius 1 is 0.750 bits per heavy atom. The van der Waals surface area contributed by atoms with Crippen molar-refractivity contribution >= 4 is 11.6 Å². The van der Waals surface area contributed by atoms with Crippen LogP contribution in [0.3, 0.4) is 0 Å². The highest BCUT2D eigenvalue weighted by Gasteiger charge is 2.27. The molecule has 3 aromatic rings. The minimum atomic E-state index is 0.0541. The Kier molecular flexibility index (Phi) is 7.35. The summed E-state index contributed by atoms with van der Waals surface area (Å²) in [7, 11) is 0. The van der Waals surface area contributed by atoms with E-state index in [-0.39, 0.29) is 11.9 Å². The van der Waals surface area contributed by atoms with Gasteiger partial charge in [0.1, 0.15) is 0 Å². The van der Waals surface area contributed by atoms with Crippen molar-refractivity contribution in [2.45, 2.75) is 25.8 Å². The highest BCUT2D eigenvalue weighted by Crippen LogP contribution is 2.29. The quantitative estimate of drug-likeness (QED) is 0.566. The van der Waals surface area contributed by atoms with E-state index >= 15 is 0 Å². The third-order valence-electron chi connectivity index (χ3n) is 6.23. The van der Waals surface area contributed by atoms with Crippen LogP contribution in [0.4, 0.5) is 5.69 Å². The lowest BCUT2D eigenvalue weighted by Crippen LogP contribution is -2.49. The number of hydrogen-bond donors (Lipinski definition) is 1. The number of piperazine rings is 1. The Balaban J connectivity index is 1.35. The van der Waals surface area contributed by atoms with Crippen molar-refractivity contribution in [2.24, 2.45) is 0 Å². The second-order valence-electron chi connectivity index (χ2n) is 8.86. The first kappa shape index (κ1) is 22.3. The maximum Gasteiger partial charge on any atom is 0.238 e. The highest BCUT2D eigenvalue weighted by molar-refractivity contribution is 5.92. The number of rotatable bonds is 7. The number of nitrogens with one attached hydrogen (secondary N) is 1. The Labute approximate surface area is 191 Å². The molecule has 0 saturated carbocycles. The standard InChI is InChI=1S/C28H33N3O/c1-22(2)23-13-15-26(16-14-23)29-27(32)21-30-17-19-31(20-18-30)28(24-9-5-3-6-10-24)25-11-7-4-8-12-25/h3-16,22,28H,17-21H2,1-2H3,(H,29,32). The van der Waals surface area contributed by atoms with Crippen LogP contribution in [0, 0.1) is 0 Å². The summed E-state index contributed by atoms with van der Waals surface area (Å²) in [6.07, 6.45) is 0. The molecule has 0 spiro atoms. The summed E-state index contributed by atoms with van der Waals surface area (Å²) in [6, 6.07) is 29.8. The first-order valence-corrected chi connectivity index (χ1v) is 11.6. The van der Waals surface area contributed by atoms with Crippen molar-refractivity contribution in [1.29, 1.82) is 0 Å².